The average Bonchev–Trinajstić information content (AvgIpc) is 3.44. The number of nitrogens with zero attached hydrogens (tertiary/aromatic N) is 1. The van der Waals surface area contributed by atoms with Crippen LogP contribution in [0.25, 0.3) is 15.7 Å². The van der Waals surface area contributed by atoms with Crippen LogP contribution in [0.3, 0.4) is 0 Å². The lowest BCUT2D eigenvalue weighted by Crippen LogP contribution is -2.48. The maximum absolute atomic E-state index is 5.50. The molecule has 0 fully saturated rings. The Hall–Kier alpha value is -2.96. The van der Waals surface area contributed by atoms with E-state index in [1.807, 2.05) is 23.9 Å². The summed E-state index contributed by atoms with van der Waals surface area (Å²) >= 11 is 1.89. The molecule has 3 heterocycles. The quantitative estimate of drug-likeness (QED) is 0.673. The number of fused-ring (bicyclic) bond motifs is 3. The second kappa shape index (κ2) is 7.38. The van der Waals surface area contributed by atoms with Crippen LogP contribution in [0.4, 0.5) is 0 Å². The van der Waals surface area contributed by atoms with Crippen molar-refractivity contribution < 1.29 is 9.47 Å². The highest BCUT2D eigenvalue weighted by Gasteiger charge is 2.35. The van der Waals surface area contributed by atoms with Gasteiger partial charge in [0.1, 0.15) is 5.84 Å². The minimum atomic E-state index is 0.252. The molecule has 30 heavy (non-hydrogen) atoms. The molecular formula is C24H21N3O2S. The second-order valence-corrected chi connectivity index (χ2v) is 8.75. The predicted octanol–water partition coefficient (Wildman–Crippen LogP) is 4.14. The predicted molar refractivity (Wildman–Crippen MR) is 122 cm³/mol. The van der Waals surface area contributed by atoms with Crippen molar-refractivity contribution >= 4 is 33.3 Å². The van der Waals surface area contributed by atoms with Gasteiger partial charge >= 0.3 is 0 Å². The third-order valence-corrected chi connectivity index (χ3v) is 7.10. The molecule has 0 amide bonds. The Morgan fingerprint density at radius 1 is 1.03 bits per heavy atom. The van der Waals surface area contributed by atoms with E-state index in [4.69, 9.17) is 14.5 Å². The van der Waals surface area contributed by atoms with Crippen molar-refractivity contribution in [3.63, 3.8) is 0 Å². The fraction of sp³-hybridized carbons (Fsp3) is 0.208. The normalized spacial score (nSPS) is 21.9. The largest absolute Gasteiger partial charge is 0.454 e. The third kappa shape index (κ3) is 3.13. The van der Waals surface area contributed by atoms with Gasteiger partial charge in [-0.05, 0) is 34.0 Å². The summed E-state index contributed by atoms with van der Waals surface area (Å²) in [6.45, 7) is 1.64. The van der Waals surface area contributed by atoms with Crippen LogP contribution in [0, 0.1) is 0 Å². The number of rotatable bonds is 3. The third-order valence-electron chi connectivity index (χ3n) is 5.72. The summed E-state index contributed by atoms with van der Waals surface area (Å²) in [6, 6.07) is 21.5. The molecule has 3 aromatic carbocycles. The van der Waals surface area contributed by atoms with Crippen molar-refractivity contribution in [1.29, 1.82) is 0 Å². The van der Waals surface area contributed by atoms with E-state index in [2.05, 4.69) is 65.2 Å². The lowest BCUT2D eigenvalue weighted by molar-refractivity contribution is 0.174. The monoisotopic (exact) mass is 415 g/mol. The molecule has 2 unspecified atom stereocenters. The molecule has 0 spiro atoms. The number of hydrogen-bond acceptors (Lipinski definition) is 6. The topological polar surface area (TPSA) is 54.9 Å². The zero-order valence-electron chi connectivity index (χ0n) is 16.3. The zero-order valence-corrected chi connectivity index (χ0v) is 17.1. The first-order valence-corrected chi connectivity index (χ1v) is 11.0. The molecule has 6 heteroatoms. The summed E-state index contributed by atoms with van der Waals surface area (Å²) in [7, 11) is 0. The van der Waals surface area contributed by atoms with Crippen LogP contribution < -0.4 is 20.1 Å². The van der Waals surface area contributed by atoms with Crippen LogP contribution in [0.1, 0.15) is 11.1 Å². The highest BCUT2D eigenvalue weighted by molar-refractivity contribution is 8.09. The number of aliphatic imine (C=N–C) groups is 1. The number of amidine groups is 1. The minimum Gasteiger partial charge on any atom is -0.454 e. The fourth-order valence-electron chi connectivity index (χ4n) is 4.21. The van der Waals surface area contributed by atoms with Crippen molar-refractivity contribution in [2.45, 2.75) is 17.8 Å². The lowest BCUT2D eigenvalue weighted by atomic mass is 10.0. The molecule has 2 atom stereocenters. The molecule has 6 rings (SSSR count). The Morgan fingerprint density at radius 2 is 1.93 bits per heavy atom. The number of nitrogens with one attached hydrogen (secondary N) is 2. The first kappa shape index (κ1) is 17.9. The Labute approximate surface area is 179 Å². The van der Waals surface area contributed by atoms with E-state index in [0.29, 0.717) is 20.0 Å². The Bertz CT molecular complexity index is 1180. The highest BCUT2D eigenvalue weighted by atomic mass is 32.2. The van der Waals surface area contributed by atoms with Gasteiger partial charge in [-0.25, -0.2) is 0 Å². The van der Waals surface area contributed by atoms with Gasteiger partial charge in [0.05, 0.1) is 11.9 Å². The van der Waals surface area contributed by atoms with Crippen LogP contribution in [-0.2, 0) is 6.54 Å². The van der Waals surface area contributed by atoms with Crippen molar-refractivity contribution in [3.05, 3.63) is 77.9 Å². The van der Waals surface area contributed by atoms with Crippen molar-refractivity contribution in [2.75, 3.05) is 13.5 Å². The molecule has 0 radical (unpaired) electrons. The van der Waals surface area contributed by atoms with Gasteiger partial charge < -0.3 is 14.8 Å². The molecule has 3 aromatic rings. The summed E-state index contributed by atoms with van der Waals surface area (Å²) < 4.78 is 10.9. The van der Waals surface area contributed by atoms with Crippen molar-refractivity contribution in [3.8, 4) is 11.5 Å². The highest BCUT2D eigenvalue weighted by Crippen LogP contribution is 2.43. The maximum atomic E-state index is 5.50. The van der Waals surface area contributed by atoms with Crippen LogP contribution in [0.2, 0.25) is 0 Å². The van der Waals surface area contributed by atoms with Crippen molar-refractivity contribution in [1.82, 2.24) is 10.6 Å². The van der Waals surface area contributed by atoms with Gasteiger partial charge in [0, 0.05) is 17.5 Å². The molecule has 0 saturated heterocycles. The minimum absolute atomic E-state index is 0.252. The number of thioether (sulfide) groups is 1. The van der Waals surface area contributed by atoms with E-state index in [1.165, 1.54) is 21.2 Å². The molecule has 0 aromatic heterocycles. The van der Waals surface area contributed by atoms with Crippen LogP contribution in [-0.4, -0.2) is 30.6 Å². The van der Waals surface area contributed by atoms with Gasteiger partial charge in [-0.3, -0.25) is 10.3 Å². The van der Waals surface area contributed by atoms with Gasteiger partial charge in [0.25, 0.3) is 0 Å². The van der Waals surface area contributed by atoms with Gasteiger partial charge in [-0.2, -0.15) is 0 Å². The molecule has 5 nitrogen and oxygen atoms in total. The molecule has 150 valence electrons. The molecule has 0 bridgehead atoms. The van der Waals surface area contributed by atoms with E-state index < -0.39 is 0 Å². The molecule has 3 aliphatic heterocycles. The SMILES string of the molecule is C1=C(c2cccc3ccccc23)SC2C(NCc3ccc4c(c3)OCO4)=NCNC12. The fourth-order valence-corrected chi connectivity index (χ4v) is 5.61. The van der Waals surface area contributed by atoms with Crippen LogP contribution in [0.15, 0.2) is 71.7 Å². The van der Waals surface area contributed by atoms with Gasteiger partial charge in [-0.15, -0.1) is 11.8 Å². The summed E-state index contributed by atoms with van der Waals surface area (Å²) in [5.74, 6) is 2.68. The summed E-state index contributed by atoms with van der Waals surface area (Å²) in [5.41, 5.74) is 2.45. The first-order chi connectivity index (χ1) is 14.8. The standard InChI is InChI=1S/C24H21N3O2S/c1-2-6-17-16(4-1)5-3-7-18(17)22-11-19-23(30-22)24(27-13-26-19)25-12-15-8-9-20-21(10-15)29-14-28-20/h1-11,19,23,26H,12-14H2,(H,25,27). The number of hydrogen-bond donors (Lipinski definition) is 2. The summed E-state index contributed by atoms with van der Waals surface area (Å²) in [6.07, 6.45) is 2.36. The Kier molecular flexibility index (Phi) is 4.39. The summed E-state index contributed by atoms with van der Waals surface area (Å²) in [5, 5.41) is 9.92. The van der Waals surface area contributed by atoms with Gasteiger partial charge in [0.15, 0.2) is 11.5 Å². The molecule has 2 N–H and O–H groups in total. The van der Waals surface area contributed by atoms with E-state index >= 15 is 0 Å². The Morgan fingerprint density at radius 3 is 2.93 bits per heavy atom. The number of benzene rings is 3. The zero-order chi connectivity index (χ0) is 19.9. The second-order valence-electron chi connectivity index (χ2n) is 7.57. The molecular weight excluding hydrogens is 394 g/mol. The first-order valence-electron chi connectivity index (χ1n) is 10.1. The van der Waals surface area contributed by atoms with E-state index in [0.717, 1.165) is 22.9 Å². The molecule has 0 aliphatic carbocycles. The smallest absolute Gasteiger partial charge is 0.231 e. The molecule has 3 aliphatic rings. The van der Waals surface area contributed by atoms with E-state index in [-0.39, 0.29) is 11.3 Å². The summed E-state index contributed by atoms with van der Waals surface area (Å²) in [4.78, 5) is 6.05. The van der Waals surface area contributed by atoms with Crippen LogP contribution in [0.5, 0.6) is 11.5 Å². The maximum Gasteiger partial charge on any atom is 0.231 e. The van der Waals surface area contributed by atoms with E-state index in [1.54, 1.807) is 0 Å². The lowest BCUT2D eigenvalue weighted by Gasteiger charge is -2.26. The van der Waals surface area contributed by atoms with Gasteiger partial charge in [-0.1, -0.05) is 54.6 Å². The number of ether oxygens (including phenoxy) is 2. The van der Waals surface area contributed by atoms with Crippen LogP contribution >= 0.6 is 11.8 Å². The van der Waals surface area contributed by atoms with E-state index in [9.17, 15) is 0 Å². The molecule has 0 saturated carbocycles. The van der Waals surface area contributed by atoms with Crippen molar-refractivity contribution in [2.24, 2.45) is 4.99 Å². The Balaban J connectivity index is 1.21. The average molecular weight is 416 g/mol. The van der Waals surface area contributed by atoms with Gasteiger partial charge in [0.2, 0.25) is 6.79 Å².